The summed E-state index contributed by atoms with van der Waals surface area (Å²) in [6.45, 7) is 0.929. The van der Waals surface area contributed by atoms with E-state index in [9.17, 15) is 4.79 Å². The van der Waals surface area contributed by atoms with E-state index >= 15 is 0 Å². The SMILES string of the molecule is O=C1N(Cc2ccc(Cl)s2)c2ccccc2C12COc1cc3c(cc12)OCO3. The van der Waals surface area contributed by atoms with Crippen LogP contribution in [-0.4, -0.2) is 19.3 Å². The van der Waals surface area contributed by atoms with E-state index in [-0.39, 0.29) is 19.3 Å². The summed E-state index contributed by atoms with van der Waals surface area (Å²) in [6.07, 6.45) is 0. The number of carbonyl (C=O) groups excluding carboxylic acids is 1. The molecule has 0 aliphatic carbocycles. The van der Waals surface area contributed by atoms with E-state index < -0.39 is 5.41 Å². The van der Waals surface area contributed by atoms with Gasteiger partial charge in [0.2, 0.25) is 12.7 Å². The number of anilines is 1. The summed E-state index contributed by atoms with van der Waals surface area (Å²) >= 11 is 7.58. The second-order valence-electron chi connectivity index (χ2n) is 7.01. The van der Waals surface area contributed by atoms with Crippen molar-refractivity contribution in [3.63, 3.8) is 0 Å². The molecule has 2 aromatic carbocycles. The van der Waals surface area contributed by atoms with Crippen LogP contribution in [0.15, 0.2) is 48.5 Å². The van der Waals surface area contributed by atoms with Gasteiger partial charge in [0.15, 0.2) is 11.5 Å². The summed E-state index contributed by atoms with van der Waals surface area (Å²) in [5.41, 5.74) is 1.83. The first-order valence-electron chi connectivity index (χ1n) is 8.89. The molecule has 0 saturated heterocycles. The summed E-state index contributed by atoms with van der Waals surface area (Å²) in [5, 5.41) is 0. The fraction of sp³-hybridized carbons (Fsp3) is 0.190. The topological polar surface area (TPSA) is 48.0 Å². The Morgan fingerprint density at radius 3 is 2.64 bits per heavy atom. The Hall–Kier alpha value is -2.70. The zero-order valence-corrected chi connectivity index (χ0v) is 16.2. The molecule has 1 amide bonds. The molecule has 0 N–H and O–H groups in total. The largest absolute Gasteiger partial charge is 0.491 e. The van der Waals surface area contributed by atoms with Gasteiger partial charge < -0.3 is 19.1 Å². The van der Waals surface area contributed by atoms with Crippen molar-refractivity contribution in [3.8, 4) is 17.2 Å². The molecule has 4 heterocycles. The second kappa shape index (κ2) is 5.65. The van der Waals surface area contributed by atoms with Gasteiger partial charge in [0.1, 0.15) is 17.8 Å². The summed E-state index contributed by atoms with van der Waals surface area (Å²) in [4.78, 5) is 16.7. The van der Waals surface area contributed by atoms with Crippen molar-refractivity contribution in [1.29, 1.82) is 0 Å². The summed E-state index contributed by atoms with van der Waals surface area (Å²) in [7, 11) is 0. The molecule has 3 aliphatic heterocycles. The minimum Gasteiger partial charge on any atom is -0.491 e. The van der Waals surface area contributed by atoms with E-state index in [4.69, 9.17) is 25.8 Å². The van der Waals surface area contributed by atoms with E-state index in [0.29, 0.717) is 28.1 Å². The number of hydrogen-bond acceptors (Lipinski definition) is 5. The number of para-hydroxylation sites is 1. The number of ether oxygens (including phenoxy) is 3. The van der Waals surface area contributed by atoms with Gasteiger partial charge in [-0.2, -0.15) is 0 Å². The third kappa shape index (κ3) is 2.04. The van der Waals surface area contributed by atoms with Gasteiger partial charge >= 0.3 is 0 Å². The number of rotatable bonds is 2. The molecule has 3 aliphatic rings. The Labute approximate surface area is 170 Å². The first kappa shape index (κ1) is 16.3. The molecule has 5 nitrogen and oxygen atoms in total. The van der Waals surface area contributed by atoms with Crippen LogP contribution in [0.25, 0.3) is 0 Å². The molecule has 7 heteroatoms. The second-order valence-corrected chi connectivity index (χ2v) is 8.81. The van der Waals surface area contributed by atoms with Crippen molar-refractivity contribution in [2.24, 2.45) is 0 Å². The monoisotopic (exact) mass is 411 g/mol. The van der Waals surface area contributed by atoms with E-state index in [1.54, 1.807) is 0 Å². The number of amides is 1. The van der Waals surface area contributed by atoms with Crippen LogP contribution in [-0.2, 0) is 16.8 Å². The minimum atomic E-state index is -0.867. The van der Waals surface area contributed by atoms with Crippen LogP contribution in [0.1, 0.15) is 16.0 Å². The zero-order chi connectivity index (χ0) is 18.9. The smallest absolute Gasteiger partial charge is 0.246 e. The van der Waals surface area contributed by atoms with Gasteiger partial charge in [-0.05, 0) is 29.8 Å². The van der Waals surface area contributed by atoms with Gasteiger partial charge in [0.25, 0.3) is 0 Å². The number of benzene rings is 2. The molecule has 1 unspecified atom stereocenters. The lowest BCUT2D eigenvalue weighted by Crippen LogP contribution is -2.42. The highest BCUT2D eigenvalue weighted by Gasteiger charge is 2.57. The fourth-order valence-corrected chi connectivity index (χ4v) is 5.39. The van der Waals surface area contributed by atoms with Crippen LogP contribution in [0, 0.1) is 0 Å². The van der Waals surface area contributed by atoms with E-state index in [0.717, 1.165) is 21.7 Å². The first-order chi connectivity index (χ1) is 13.7. The Morgan fingerprint density at radius 1 is 1.00 bits per heavy atom. The highest BCUT2D eigenvalue weighted by molar-refractivity contribution is 7.16. The van der Waals surface area contributed by atoms with E-state index in [1.165, 1.54) is 11.3 Å². The number of thiophene rings is 1. The summed E-state index contributed by atoms with van der Waals surface area (Å²) < 4.78 is 17.7. The predicted octanol–water partition coefficient (Wildman–Crippen LogP) is 4.36. The first-order valence-corrected chi connectivity index (χ1v) is 10.1. The van der Waals surface area contributed by atoms with Crippen LogP contribution >= 0.6 is 22.9 Å². The van der Waals surface area contributed by atoms with Crippen molar-refractivity contribution in [2.45, 2.75) is 12.0 Å². The highest BCUT2D eigenvalue weighted by Crippen LogP contribution is 2.55. The molecular formula is C21H14ClNO4S. The van der Waals surface area contributed by atoms with Gasteiger partial charge in [0.05, 0.1) is 10.9 Å². The summed E-state index contributed by atoms with van der Waals surface area (Å²) in [5.74, 6) is 1.99. The molecule has 140 valence electrons. The molecule has 6 rings (SSSR count). The number of carbonyl (C=O) groups is 1. The molecule has 28 heavy (non-hydrogen) atoms. The minimum absolute atomic E-state index is 0.0100. The molecule has 0 fully saturated rings. The third-order valence-corrected chi connectivity index (χ3v) is 6.80. The van der Waals surface area contributed by atoms with Crippen molar-refractivity contribution in [3.05, 3.63) is 68.9 Å². The van der Waals surface area contributed by atoms with Gasteiger partial charge in [-0.3, -0.25) is 4.79 Å². The van der Waals surface area contributed by atoms with Crippen LogP contribution < -0.4 is 19.1 Å². The quantitative estimate of drug-likeness (QED) is 0.628. The van der Waals surface area contributed by atoms with E-state index in [1.807, 2.05) is 53.4 Å². The normalized spacial score (nSPS) is 21.2. The molecule has 3 aromatic rings. The maximum atomic E-state index is 13.8. The van der Waals surface area contributed by atoms with Crippen molar-refractivity contribution in [2.75, 3.05) is 18.3 Å². The van der Waals surface area contributed by atoms with Gasteiger partial charge in [-0.15, -0.1) is 11.3 Å². The lowest BCUT2D eigenvalue weighted by Gasteiger charge is -2.23. The molecule has 1 spiro atoms. The maximum Gasteiger partial charge on any atom is 0.246 e. The lowest BCUT2D eigenvalue weighted by molar-refractivity contribution is -0.122. The van der Waals surface area contributed by atoms with Crippen molar-refractivity contribution >= 4 is 34.5 Å². The fourth-order valence-electron chi connectivity index (χ4n) is 4.31. The highest BCUT2D eigenvalue weighted by atomic mass is 35.5. The lowest BCUT2D eigenvalue weighted by atomic mass is 9.77. The number of fused-ring (bicyclic) bond motifs is 5. The number of nitrogens with zero attached hydrogens (tertiary/aromatic N) is 1. The Bertz CT molecular complexity index is 1140. The molecular weight excluding hydrogens is 398 g/mol. The Balaban J connectivity index is 1.51. The Kier molecular flexibility index (Phi) is 3.29. The molecule has 1 atom stereocenters. The average Bonchev–Trinajstić information content (AvgIpc) is 3.45. The standard InChI is InChI=1S/C21H14ClNO4S/c22-19-6-5-12(28-19)9-23-15-4-2-1-3-13(15)21(20(23)24)10-25-16-8-18-17(7-14(16)21)26-11-27-18/h1-8H,9-11H2. The third-order valence-electron chi connectivity index (χ3n) is 5.59. The van der Waals surface area contributed by atoms with E-state index in [2.05, 4.69) is 0 Å². The molecule has 1 aromatic heterocycles. The van der Waals surface area contributed by atoms with Crippen molar-refractivity contribution in [1.82, 2.24) is 0 Å². The average molecular weight is 412 g/mol. The number of hydrogen-bond donors (Lipinski definition) is 0. The maximum absolute atomic E-state index is 13.8. The van der Waals surface area contributed by atoms with Gasteiger partial charge in [-0.25, -0.2) is 0 Å². The number of halogens is 1. The molecule has 0 radical (unpaired) electrons. The Morgan fingerprint density at radius 2 is 1.82 bits per heavy atom. The van der Waals surface area contributed by atoms with Crippen LogP contribution in [0.4, 0.5) is 5.69 Å². The van der Waals surface area contributed by atoms with Crippen LogP contribution in [0.2, 0.25) is 4.34 Å². The van der Waals surface area contributed by atoms with Crippen LogP contribution in [0.5, 0.6) is 17.2 Å². The summed E-state index contributed by atoms with van der Waals surface area (Å²) in [6, 6.07) is 15.5. The molecule has 0 bridgehead atoms. The predicted molar refractivity (Wildman–Crippen MR) is 106 cm³/mol. The van der Waals surface area contributed by atoms with Gasteiger partial charge in [0, 0.05) is 22.2 Å². The van der Waals surface area contributed by atoms with Gasteiger partial charge in [-0.1, -0.05) is 29.8 Å². The van der Waals surface area contributed by atoms with Crippen LogP contribution in [0.3, 0.4) is 0 Å². The van der Waals surface area contributed by atoms with Crippen molar-refractivity contribution < 1.29 is 19.0 Å². The zero-order valence-electron chi connectivity index (χ0n) is 14.6. The molecule has 0 saturated carbocycles.